The Morgan fingerprint density at radius 2 is 1.64 bits per heavy atom. The average molecular weight is 334 g/mol. The zero-order chi connectivity index (χ0) is 17.2. The van der Waals surface area contributed by atoms with Gasteiger partial charge in [-0.3, -0.25) is 4.79 Å². The minimum absolute atomic E-state index is 0.286. The van der Waals surface area contributed by atoms with Crippen LogP contribution in [0, 0.1) is 11.3 Å². The second-order valence-corrected chi connectivity index (χ2v) is 6.89. The topological polar surface area (TPSA) is 59.7 Å². The van der Waals surface area contributed by atoms with E-state index in [0.29, 0.717) is 12.0 Å². The molecule has 0 amide bonds. The molecule has 1 fully saturated rings. The van der Waals surface area contributed by atoms with E-state index in [0.717, 1.165) is 74.7 Å². The van der Waals surface area contributed by atoms with Gasteiger partial charge in [0.1, 0.15) is 5.84 Å². The Balaban J connectivity index is 1.43. The Hall–Kier alpha value is -2.61. The lowest BCUT2D eigenvalue weighted by atomic mass is 9.90. The van der Waals surface area contributed by atoms with Crippen molar-refractivity contribution >= 4 is 17.3 Å². The van der Waals surface area contributed by atoms with Crippen molar-refractivity contribution in [2.45, 2.75) is 32.1 Å². The van der Waals surface area contributed by atoms with E-state index in [-0.39, 0.29) is 5.78 Å². The van der Waals surface area contributed by atoms with Gasteiger partial charge < -0.3 is 9.80 Å². The lowest BCUT2D eigenvalue weighted by Gasteiger charge is -2.38. The third-order valence-electron chi connectivity index (χ3n) is 5.36. The molecule has 1 aromatic rings. The van der Waals surface area contributed by atoms with Crippen LogP contribution >= 0.6 is 0 Å². The number of Topliss-reactive ketones (excluding diaryl/α,β-unsaturated/α-hetero) is 1. The highest BCUT2D eigenvalue weighted by atomic mass is 16.1. The van der Waals surface area contributed by atoms with Crippen LogP contribution in [0.3, 0.4) is 0 Å². The summed E-state index contributed by atoms with van der Waals surface area (Å²) in [6.45, 7) is 3.58. The van der Waals surface area contributed by atoms with E-state index in [1.807, 2.05) is 24.3 Å². The number of aliphatic imine (C=N–C) groups is 1. The van der Waals surface area contributed by atoms with Gasteiger partial charge in [0.2, 0.25) is 0 Å². The summed E-state index contributed by atoms with van der Waals surface area (Å²) in [6, 6.07) is 9.90. The van der Waals surface area contributed by atoms with Gasteiger partial charge in [-0.25, -0.2) is 4.99 Å². The smallest absolute Gasteiger partial charge is 0.168 e. The number of benzene rings is 1. The summed E-state index contributed by atoms with van der Waals surface area (Å²) in [5.41, 5.74) is 3.88. The second-order valence-electron chi connectivity index (χ2n) is 6.89. The van der Waals surface area contributed by atoms with Crippen LogP contribution in [0.4, 0.5) is 5.69 Å². The van der Waals surface area contributed by atoms with Crippen molar-refractivity contribution in [3.8, 4) is 6.07 Å². The molecule has 0 aromatic heterocycles. The minimum Gasteiger partial charge on any atom is -0.368 e. The van der Waals surface area contributed by atoms with Gasteiger partial charge in [-0.2, -0.15) is 5.26 Å². The van der Waals surface area contributed by atoms with Crippen LogP contribution < -0.4 is 4.90 Å². The van der Waals surface area contributed by atoms with Crippen molar-refractivity contribution in [1.82, 2.24) is 4.90 Å². The quantitative estimate of drug-likeness (QED) is 0.792. The first-order valence-corrected chi connectivity index (χ1v) is 9.07. The van der Waals surface area contributed by atoms with Crippen molar-refractivity contribution in [3.63, 3.8) is 0 Å². The number of allylic oxidation sites excluding steroid dienone is 2. The van der Waals surface area contributed by atoms with Crippen molar-refractivity contribution in [1.29, 1.82) is 5.26 Å². The SMILES string of the molecule is N#Cc1ccc(N2CCN(C3=NC4=C(CCCC4)C(=O)C3)CC2)cc1. The lowest BCUT2D eigenvalue weighted by molar-refractivity contribution is -0.115. The van der Waals surface area contributed by atoms with Crippen LogP contribution in [0.1, 0.15) is 37.7 Å². The first-order valence-electron chi connectivity index (χ1n) is 9.07. The van der Waals surface area contributed by atoms with Crippen LogP contribution in [0.15, 0.2) is 40.5 Å². The summed E-state index contributed by atoms with van der Waals surface area (Å²) in [5.74, 6) is 1.25. The summed E-state index contributed by atoms with van der Waals surface area (Å²) >= 11 is 0. The molecule has 3 aliphatic rings. The first kappa shape index (κ1) is 15.9. The van der Waals surface area contributed by atoms with Gasteiger partial charge in [0.05, 0.1) is 18.1 Å². The number of rotatable bonds is 1. The molecule has 4 rings (SSSR count). The summed E-state index contributed by atoms with van der Waals surface area (Å²) in [7, 11) is 0. The fraction of sp³-hybridized carbons (Fsp3) is 0.450. The molecule has 128 valence electrons. The molecule has 1 saturated heterocycles. The van der Waals surface area contributed by atoms with E-state index in [2.05, 4.69) is 15.9 Å². The predicted molar refractivity (Wildman–Crippen MR) is 97.5 cm³/mol. The van der Waals surface area contributed by atoms with Crippen LogP contribution in [0.25, 0.3) is 0 Å². The molecule has 0 atom stereocenters. The summed E-state index contributed by atoms with van der Waals surface area (Å²) in [6.07, 6.45) is 4.61. The molecule has 0 unspecified atom stereocenters. The molecule has 1 aliphatic carbocycles. The Bertz CT molecular complexity index is 777. The number of anilines is 1. The molecule has 0 radical (unpaired) electrons. The maximum Gasteiger partial charge on any atom is 0.168 e. The molecule has 2 aliphatic heterocycles. The zero-order valence-electron chi connectivity index (χ0n) is 14.4. The maximum absolute atomic E-state index is 12.4. The van der Waals surface area contributed by atoms with E-state index in [1.165, 1.54) is 0 Å². The van der Waals surface area contributed by atoms with Gasteiger partial charge in [0, 0.05) is 43.1 Å². The van der Waals surface area contributed by atoms with Crippen molar-refractivity contribution < 1.29 is 4.79 Å². The first-order chi connectivity index (χ1) is 12.2. The minimum atomic E-state index is 0.286. The van der Waals surface area contributed by atoms with Gasteiger partial charge in [-0.15, -0.1) is 0 Å². The highest BCUT2D eigenvalue weighted by molar-refractivity contribution is 6.11. The Labute approximate surface area is 148 Å². The molecule has 0 saturated carbocycles. The van der Waals surface area contributed by atoms with Gasteiger partial charge in [-0.05, 0) is 49.9 Å². The van der Waals surface area contributed by atoms with Gasteiger partial charge >= 0.3 is 0 Å². The number of hydrogen-bond donors (Lipinski definition) is 0. The third kappa shape index (κ3) is 3.17. The van der Waals surface area contributed by atoms with Crippen molar-refractivity contribution in [3.05, 3.63) is 41.1 Å². The van der Waals surface area contributed by atoms with Gasteiger partial charge in [0.25, 0.3) is 0 Å². The molecule has 5 heteroatoms. The molecule has 0 N–H and O–H groups in total. The molecule has 0 bridgehead atoms. The number of carbonyl (C=O) groups is 1. The third-order valence-corrected chi connectivity index (χ3v) is 5.36. The van der Waals surface area contributed by atoms with E-state index < -0.39 is 0 Å². The summed E-state index contributed by atoms with van der Waals surface area (Å²) < 4.78 is 0. The van der Waals surface area contributed by atoms with Crippen molar-refractivity contribution in [2.75, 3.05) is 31.1 Å². The molecule has 5 nitrogen and oxygen atoms in total. The molecular formula is C20H22N4O. The normalized spacial score (nSPS) is 20.9. The van der Waals surface area contributed by atoms with E-state index in [9.17, 15) is 4.79 Å². The molecule has 25 heavy (non-hydrogen) atoms. The van der Waals surface area contributed by atoms with Crippen LogP contribution in [-0.4, -0.2) is 42.7 Å². The van der Waals surface area contributed by atoms with E-state index in [1.54, 1.807) is 0 Å². The largest absolute Gasteiger partial charge is 0.368 e. The highest BCUT2D eigenvalue weighted by Crippen LogP contribution is 2.31. The Morgan fingerprint density at radius 3 is 2.36 bits per heavy atom. The number of piperazine rings is 1. The number of carbonyl (C=O) groups excluding carboxylic acids is 1. The van der Waals surface area contributed by atoms with E-state index >= 15 is 0 Å². The predicted octanol–water partition coefficient (Wildman–Crippen LogP) is 2.88. The number of nitrogens with zero attached hydrogens (tertiary/aromatic N) is 4. The van der Waals surface area contributed by atoms with Gasteiger partial charge in [0.15, 0.2) is 5.78 Å². The van der Waals surface area contributed by atoms with Crippen LogP contribution in [0.2, 0.25) is 0 Å². The van der Waals surface area contributed by atoms with Crippen LogP contribution in [0.5, 0.6) is 0 Å². The number of amidine groups is 1. The fourth-order valence-electron chi connectivity index (χ4n) is 3.91. The van der Waals surface area contributed by atoms with E-state index in [4.69, 9.17) is 10.3 Å². The molecule has 0 spiro atoms. The average Bonchev–Trinajstić information content (AvgIpc) is 2.68. The summed E-state index contributed by atoms with van der Waals surface area (Å²) in [4.78, 5) is 21.9. The summed E-state index contributed by atoms with van der Waals surface area (Å²) in [5, 5.41) is 8.91. The second kappa shape index (κ2) is 6.72. The molecular weight excluding hydrogens is 312 g/mol. The Kier molecular flexibility index (Phi) is 4.27. The molecule has 1 aromatic carbocycles. The lowest BCUT2D eigenvalue weighted by Crippen LogP contribution is -2.49. The van der Waals surface area contributed by atoms with Crippen LogP contribution in [-0.2, 0) is 4.79 Å². The highest BCUT2D eigenvalue weighted by Gasteiger charge is 2.29. The number of nitriles is 1. The molecule has 2 heterocycles. The standard InChI is InChI=1S/C20H22N4O/c21-14-15-5-7-16(8-6-15)23-9-11-24(12-10-23)20-13-19(25)17-3-1-2-4-18(17)22-20/h5-8H,1-4,9-13H2. The number of hydrogen-bond acceptors (Lipinski definition) is 5. The monoisotopic (exact) mass is 334 g/mol. The van der Waals surface area contributed by atoms with Crippen molar-refractivity contribution in [2.24, 2.45) is 4.99 Å². The zero-order valence-corrected chi connectivity index (χ0v) is 14.4. The fourth-order valence-corrected chi connectivity index (χ4v) is 3.91. The maximum atomic E-state index is 12.4. The van der Waals surface area contributed by atoms with Gasteiger partial charge in [-0.1, -0.05) is 0 Å². The number of ketones is 1. The Morgan fingerprint density at radius 1 is 0.960 bits per heavy atom.